The van der Waals surface area contributed by atoms with Crippen LogP contribution < -0.4 is 5.32 Å². The van der Waals surface area contributed by atoms with Crippen molar-refractivity contribution in [2.75, 3.05) is 7.11 Å². The van der Waals surface area contributed by atoms with Crippen LogP contribution in [-0.4, -0.2) is 25.0 Å². The molecule has 1 atom stereocenters. The molecule has 4 heteroatoms. The zero-order chi connectivity index (χ0) is 13.7. The molecule has 98 valence electrons. The lowest BCUT2D eigenvalue weighted by Gasteiger charge is -2.12. The summed E-state index contributed by atoms with van der Waals surface area (Å²) in [5.74, 6) is -0.625. The number of aryl methyl sites for hydroxylation is 2. The molecule has 0 heterocycles. The molecule has 1 aromatic rings. The molecule has 1 aromatic carbocycles. The highest BCUT2D eigenvalue weighted by Gasteiger charge is 2.15. The van der Waals surface area contributed by atoms with Crippen molar-refractivity contribution in [1.82, 2.24) is 5.32 Å². The molecular weight excluding hydrogens is 230 g/mol. The van der Waals surface area contributed by atoms with Crippen LogP contribution in [0.1, 0.15) is 23.6 Å². The van der Waals surface area contributed by atoms with Gasteiger partial charge in [0, 0.05) is 0 Å². The van der Waals surface area contributed by atoms with Crippen LogP contribution in [0.15, 0.2) is 18.2 Å². The molecule has 0 aliphatic heterocycles. The summed E-state index contributed by atoms with van der Waals surface area (Å²) in [5.41, 5.74) is 3.29. The van der Waals surface area contributed by atoms with Crippen molar-refractivity contribution in [2.45, 2.75) is 33.2 Å². The minimum Gasteiger partial charge on any atom is -0.467 e. The maximum absolute atomic E-state index is 11.7. The molecule has 1 rings (SSSR count). The van der Waals surface area contributed by atoms with Crippen molar-refractivity contribution in [3.8, 4) is 0 Å². The molecule has 1 unspecified atom stereocenters. The molecule has 0 radical (unpaired) electrons. The van der Waals surface area contributed by atoms with E-state index in [2.05, 4.69) is 10.1 Å². The zero-order valence-corrected chi connectivity index (χ0v) is 11.2. The maximum atomic E-state index is 11.7. The van der Waals surface area contributed by atoms with Crippen molar-refractivity contribution < 1.29 is 14.3 Å². The number of benzene rings is 1. The van der Waals surface area contributed by atoms with Gasteiger partial charge in [-0.2, -0.15) is 0 Å². The third-order valence-corrected chi connectivity index (χ3v) is 2.87. The molecule has 0 aromatic heterocycles. The fraction of sp³-hybridized carbons (Fsp3) is 0.429. The van der Waals surface area contributed by atoms with E-state index in [0.717, 1.165) is 11.1 Å². The van der Waals surface area contributed by atoms with Gasteiger partial charge in [-0.15, -0.1) is 0 Å². The molecular formula is C14H19NO3. The van der Waals surface area contributed by atoms with Gasteiger partial charge in [0.15, 0.2) is 0 Å². The highest BCUT2D eigenvalue weighted by atomic mass is 16.5. The number of amides is 1. The van der Waals surface area contributed by atoms with Crippen LogP contribution in [0.5, 0.6) is 0 Å². The number of rotatable bonds is 4. The Morgan fingerprint density at radius 3 is 2.50 bits per heavy atom. The summed E-state index contributed by atoms with van der Waals surface area (Å²) in [4.78, 5) is 22.9. The van der Waals surface area contributed by atoms with Gasteiger partial charge in [0.2, 0.25) is 5.91 Å². The van der Waals surface area contributed by atoms with Crippen LogP contribution in [0.3, 0.4) is 0 Å². The molecule has 1 N–H and O–H groups in total. The van der Waals surface area contributed by atoms with E-state index in [4.69, 9.17) is 0 Å². The first-order chi connectivity index (χ1) is 8.43. The van der Waals surface area contributed by atoms with E-state index in [1.54, 1.807) is 6.92 Å². The van der Waals surface area contributed by atoms with Gasteiger partial charge in [0.05, 0.1) is 13.5 Å². The van der Waals surface area contributed by atoms with E-state index in [0.29, 0.717) is 0 Å². The van der Waals surface area contributed by atoms with Crippen LogP contribution >= 0.6 is 0 Å². The maximum Gasteiger partial charge on any atom is 0.328 e. The number of carbonyl (C=O) groups excluding carboxylic acids is 2. The second-order valence-electron chi connectivity index (χ2n) is 4.41. The van der Waals surface area contributed by atoms with Gasteiger partial charge in [-0.25, -0.2) is 4.79 Å². The lowest BCUT2D eigenvalue weighted by Crippen LogP contribution is -2.39. The Hall–Kier alpha value is -1.84. The van der Waals surface area contributed by atoms with E-state index in [9.17, 15) is 9.59 Å². The van der Waals surface area contributed by atoms with Crippen LogP contribution in [0.25, 0.3) is 0 Å². The number of hydrogen-bond donors (Lipinski definition) is 1. The molecule has 0 fully saturated rings. The quantitative estimate of drug-likeness (QED) is 0.823. The van der Waals surface area contributed by atoms with E-state index in [1.165, 1.54) is 12.7 Å². The fourth-order valence-electron chi connectivity index (χ4n) is 1.63. The van der Waals surface area contributed by atoms with Gasteiger partial charge in [0.25, 0.3) is 0 Å². The zero-order valence-electron chi connectivity index (χ0n) is 11.2. The monoisotopic (exact) mass is 249 g/mol. The van der Waals surface area contributed by atoms with Crippen LogP contribution in [-0.2, 0) is 20.7 Å². The highest BCUT2D eigenvalue weighted by Crippen LogP contribution is 2.10. The number of methoxy groups -OCH3 is 1. The number of carbonyl (C=O) groups is 2. The Balaban J connectivity index is 2.59. The number of hydrogen-bond acceptors (Lipinski definition) is 3. The van der Waals surface area contributed by atoms with Gasteiger partial charge in [-0.3, -0.25) is 4.79 Å². The van der Waals surface area contributed by atoms with Crippen LogP contribution in [0.4, 0.5) is 0 Å². The first kappa shape index (κ1) is 14.2. The topological polar surface area (TPSA) is 55.4 Å². The predicted molar refractivity (Wildman–Crippen MR) is 69.2 cm³/mol. The number of ether oxygens (including phenoxy) is 1. The fourth-order valence-corrected chi connectivity index (χ4v) is 1.63. The Bertz CT molecular complexity index is 454. The average molecular weight is 249 g/mol. The SMILES string of the molecule is COC(=O)C(C)NC(=O)Cc1ccc(C)c(C)c1. The lowest BCUT2D eigenvalue weighted by molar-refractivity contribution is -0.144. The Kier molecular flexibility index (Phi) is 4.89. The normalized spacial score (nSPS) is 11.8. The average Bonchev–Trinajstić information content (AvgIpc) is 2.32. The van der Waals surface area contributed by atoms with Crippen LogP contribution in [0.2, 0.25) is 0 Å². The van der Waals surface area contributed by atoms with E-state index in [1.807, 2.05) is 32.0 Å². The van der Waals surface area contributed by atoms with Crippen molar-refractivity contribution in [1.29, 1.82) is 0 Å². The third-order valence-electron chi connectivity index (χ3n) is 2.87. The molecule has 0 bridgehead atoms. The van der Waals surface area contributed by atoms with Gasteiger partial charge in [-0.1, -0.05) is 18.2 Å². The van der Waals surface area contributed by atoms with Crippen molar-refractivity contribution in [3.05, 3.63) is 34.9 Å². The summed E-state index contributed by atoms with van der Waals surface area (Å²) in [5, 5.41) is 2.60. The minimum atomic E-state index is -0.617. The summed E-state index contributed by atoms with van der Waals surface area (Å²) in [7, 11) is 1.30. The van der Waals surface area contributed by atoms with Gasteiger partial charge < -0.3 is 10.1 Å². The molecule has 0 aliphatic carbocycles. The van der Waals surface area contributed by atoms with E-state index < -0.39 is 12.0 Å². The molecule has 4 nitrogen and oxygen atoms in total. The van der Waals surface area contributed by atoms with Crippen LogP contribution in [0, 0.1) is 13.8 Å². The second kappa shape index (κ2) is 6.19. The molecule has 18 heavy (non-hydrogen) atoms. The number of esters is 1. The molecule has 0 spiro atoms. The highest BCUT2D eigenvalue weighted by molar-refractivity contribution is 5.85. The number of nitrogens with one attached hydrogen (secondary N) is 1. The van der Waals surface area contributed by atoms with Gasteiger partial charge in [-0.05, 0) is 37.5 Å². The second-order valence-corrected chi connectivity index (χ2v) is 4.41. The summed E-state index contributed by atoms with van der Waals surface area (Å²) >= 11 is 0. The first-order valence-electron chi connectivity index (χ1n) is 5.87. The van der Waals surface area contributed by atoms with Crippen molar-refractivity contribution >= 4 is 11.9 Å². The minimum absolute atomic E-state index is 0.184. The molecule has 1 amide bonds. The molecule has 0 aliphatic rings. The largest absolute Gasteiger partial charge is 0.467 e. The van der Waals surface area contributed by atoms with E-state index in [-0.39, 0.29) is 12.3 Å². The van der Waals surface area contributed by atoms with E-state index >= 15 is 0 Å². The predicted octanol–water partition coefficient (Wildman–Crippen LogP) is 1.52. The summed E-state index contributed by atoms with van der Waals surface area (Å²) in [6.07, 6.45) is 0.266. The lowest BCUT2D eigenvalue weighted by atomic mass is 10.0. The van der Waals surface area contributed by atoms with Gasteiger partial charge in [0.1, 0.15) is 6.04 Å². The van der Waals surface area contributed by atoms with Crippen molar-refractivity contribution in [3.63, 3.8) is 0 Å². The standard InChI is InChI=1S/C14H19NO3/c1-9-5-6-12(7-10(9)2)8-13(16)15-11(3)14(17)18-4/h5-7,11H,8H2,1-4H3,(H,15,16). The summed E-state index contributed by atoms with van der Waals surface area (Å²) < 4.78 is 4.54. The van der Waals surface area contributed by atoms with Crippen molar-refractivity contribution in [2.24, 2.45) is 0 Å². The Labute approximate surface area is 107 Å². The Morgan fingerprint density at radius 2 is 1.94 bits per heavy atom. The smallest absolute Gasteiger partial charge is 0.328 e. The molecule has 0 saturated carbocycles. The third kappa shape index (κ3) is 3.87. The van der Waals surface area contributed by atoms with Gasteiger partial charge >= 0.3 is 5.97 Å². The Morgan fingerprint density at radius 1 is 1.28 bits per heavy atom. The molecule has 0 saturated heterocycles. The summed E-state index contributed by atoms with van der Waals surface area (Å²) in [6, 6.07) is 5.28. The first-order valence-corrected chi connectivity index (χ1v) is 5.87. The summed E-state index contributed by atoms with van der Waals surface area (Å²) in [6.45, 7) is 5.64.